The molecule has 0 bridgehead atoms. The van der Waals surface area contributed by atoms with E-state index in [1.165, 1.54) is 12.4 Å². The van der Waals surface area contributed by atoms with Crippen LogP contribution in [-0.4, -0.2) is 36.6 Å². The molecule has 0 aliphatic carbocycles. The molecule has 0 unspecified atom stereocenters. The van der Waals surface area contributed by atoms with E-state index in [0.29, 0.717) is 0 Å². The van der Waals surface area contributed by atoms with Crippen molar-refractivity contribution >= 4 is 27.5 Å². The highest BCUT2D eigenvalue weighted by molar-refractivity contribution is 7.89. The van der Waals surface area contributed by atoms with Crippen LogP contribution in [0.4, 0.5) is 0 Å². The van der Waals surface area contributed by atoms with Crippen LogP contribution in [0.15, 0.2) is 12.4 Å². The van der Waals surface area contributed by atoms with Gasteiger partial charge in [0.05, 0.1) is 18.1 Å². The van der Waals surface area contributed by atoms with Crippen LogP contribution in [0.1, 0.15) is 10.5 Å². The van der Waals surface area contributed by atoms with Gasteiger partial charge in [-0.2, -0.15) is 0 Å². The summed E-state index contributed by atoms with van der Waals surface area (Å²) in [6, 6.07) is 0. The van der Waals surface area contributed by atoms with Crippen molar-refractivity contribution in [3.05, 3.63) is 23.2 Å². The quantitative estimate of drug-likeness (QED) is 0.735. The summed E-state index contributed by atoms with van der Waals surface area (Å²) in [6.45, 7) is -0.0814. The second-order valence-electron chi connectivity index (χ2n) is 2.85. The van der Waals surface area contributed by atoms with Gasteiger partial charge in [0.1, 0.15) is 10.8 Å². The number of carbonyl (C=O) groups is 1. The zero-order valence-electron chi connectivity index (χ0n) is 8.05. The smallest absolute Gasteiger partial charge is 0.271 e. The first-order valence-corrected chi connectivity index (χ1v) is 6.24. The minimum atomic E-state index is -3.58. The third-order valence-electron chi connectivity index (χ3n) is 1.53. The average Bonchev–Trinajstić information content (AvgIpc) is 2.16. The Bertz CT molecular complexity index is 473. The highest BCUT2D eigenvalue weighted by atomic mass is 35.5. The van der Waals surface area contributed by atoms with Crippen LogP contribution in [0.5, 0.6) is 0 Å². The number of primary sulfonamides is 1. The van der Waals surface area contributed by atoms with E-state index in [2.05, 4.69) is 15.3 Å². The van der Waals surface area contributed by atoms with Crippen molar-refractivity contribution in [2.45, 2.75) is 0 Å². The first kappa shape index (κ1) is 12.8. The number of nitrogens with one attached hydrogen (secondary N) is 1. The normalized spacial score (nSPS) is 11.1. The number of halogens is 1. The van der Waals surface area contributed by atoms with Gasteiger partial charge in [-0.1, -0.05) is 11.6 Å². The molecule has 1 aromatic rings. The summed E-state index contributed by atoms with van der Waals surface area (Å²) in [4.78, 5) is 18.7. The molecule has 1 aromatic heterocycles. The third kappa shape index (κ3) is 4.51. The molecule has 88 valence electrons. The number of hydrogen-bond donors (Lipinski definition) is 2. The number of nitrogens with two attached hydrogens (primary N) is 1. The summed E-state index contributed by atoms with van der Waals surface area (Å²) >= 11 is 5.48. The summed E-state index contributed by atoms with van der Waals surface area (Å²) in [5.74, 6) is -0.868. The highest BCUT2D eigenvalue weighted by Gasteiger charge is 2.08. The summed E-state index contributed by atoms with van der Waals surface area (Å²) in [7, 11) is -3.58. The molecule has 0 aromatic carbocycles. The van der Waals surface area contributed by atoms with Gasteiger partial charge in [0.2, 0.25) is 10.0 Å². The molecule has 0 atom stereocenters. The number of amides is 1. The van der Waals surface area contributed by atoms with E-state index in [1.807, 2.05) is 0 Å². The van der Waals surface area contributed by atoms with Gasteiger partial charge in [0.25, 0.3) is 5.91 Å². The Balaban J connectivity index is 2.50. The predicted octanol–water partition coefficient (Wildman–Crippen LogP) is -0.852. The fourth-order valence-corrected chi connectivity index (χ4v) is 1.31. The average molecular weight is 265 g/mol. The second kappa shape index (κ2) is 5.19. The molecular weight excluding hydrogens is 256 g/mol. The standard InChI is InChI=1S/C7H9ClN4O3S/c8-6-4-11-5(3-12-6)7(13)10-1-2-16(9,14)15/h3-4H,1-2H2,(H,10,13)(H2,9,14,15). The fraction of sp³-hybridized carbons (Fsp3) is 0.286. The first-order valence-electron chi connectivity index (χ1n) is 4.15. The van der Waals surface area contributed by atoms with Gasteiger partial charge >= 0.3 is 0 Å². The zero-order chi connectivity index (χ0) is 12.2. The molecule has 1 rings (SSSR count). The number of hydrogen-bond acceptors (Lipinski definition) is 5. The Morgan fingerprint density at radius 1 is 1.44 bits per heavy atom. The lowest BCUT2D eigenvalue weighted by molar-refractivity contribution is 0.0951. The maximum atomic E-state index is 11.3. The van der Waals surface area contributed by atoms with Crippen LogP contribution in [0, 0.1) is 0 Å². The van der Waals surface area contributed by atoms with Crippen molar-refractivity contribution in [2.24, 2.45) is 5.14 Å². The zero-order valence-corrected chi connectivity index (χ0v) is 9.62. The van der Waals surface area contributed by atoms with E-state index in [1.54, 1.807) is 0 Å². The van der Waals surface area contributed by atoms with Crippen molar-refractivity contribution in [3.63, 3.8) is 0 Å². The monoisotopic (exact) mass is 264 g/mol. The summed E-state index contributed by atoms with van der Waals surface area (Å²) in [5, 5.41) is 7.25. The molecule has 0 saturated carbocycles. The van der Waals surface area contributed by atoms with Crippen LogP contribution in [0.25, 0.3) is 0 Å². The second-order valence-corrected chi connectivity index (χ2v) is 4.97. The molecule has 0 spiro atoms. The molecule has 0 radical (unpaired) electrons. The van der Waals surface area contributed by atoms with E-state index in [0.717, 1.165) is 0 Å². The molecule has 3 N–H and O–H groups in total. The third-order valence-corrected chi connectivity index (χ3v) is 2.49. The van der Waals surface area contributed by atoms with Crippen molar-refractivity contribution < 1.29 is 13.2 Å². The number of rotatable bonds is 4. The summed E-state index contributed by atoms with van der Waals surface area (Å²) in [6.07, 6.45) is 2.41. The van der Waals surface area contributed by atoms with Crippen LogP contribution >= 0.6 is 11.6 Å². The van der Waals surface area contributed by atoms with Gasteiger partial charge < -0.3 is 5.32 Å². The summed E-state index contributed by atoms with van der Waals surface area (Å²) < 4.78 is 21.1. The van der Waals surface area contributed by atoms with Crippen molar-refractivity contribution in [1.29, 1.82) is 0 Å². The maximum absolute atomic E-state index is 11.3. The van der Waals surface area contributed by atoms with Crippen LogP contribution < -0.4 is 10.5 Å². The van der Waals surface area contributed by atoms with E-state index in [4.69, 9.17) is 16.7 Å². The lowest BCUT2D eigenvalue weighted by Gasteiger charge is -2.02. The Labute approximate surface area is 97.1 Å². The number of aromatic nitrogens is 2. The lowest BCUT2D eigenvalue weighted by Crippen LogP contribution is -2.31. The number of sulfonamides is 1. The van der Waals surface area contributed by atoms with E-state index < -0.39 is 15.9 Å². The van der Waals surface area contributed by atoms with Crippen molar-refractivity contribution in [2.75, 3.05) is 12.3 Å². The minimum Gasteiger partial charge on any atom is -0.350 e. The van der Waals surface area contributed by atoms with Crippen LogP contribution in [0.2, 0.25) is 5.15 Å². The van der Waals surface area contributed by atoms with Gasteiger partial charge in [-0.15, -0.1) is 0 Å². The van der Waals surface area contributed by atoms with E-state index in [-0.39, 0.29) is 23.1 Å². The maximum Gasteiger partial charge on any atom is 0.271 e. The molecule has 9 heteroatoms. The van der Waals surface area contributed by atoms with Crippen LogP contribution in [-0.2, 0) is 10.0 Å². The molecule has 0 saturated heterocycles. The molecule has 0 fully saturated rings. The van der Waals surface area contributed by atoms with Crippen molar-refractivity contribution in [1.82, 2.24) is 15.3 Å². The largest absolute Gasteiger partial charge is 0.350 e. The van der Waals surface area contributed by atoms with Gasteiger partial charge in [0.15, 0.2) is 0 Å². The van der Waals surface area contributed by atoms with Crippen LogP contribution in [0.3, 0.4) is 0 Å². The summed E-state index contributed by atoms with van der Waals surface area (Å²) in [5.41, 5.74) is 0.0545. The SMILES string of the molecule is NS(=O)(=O)CCNC(=O)c1cnc(Cl)cn1. The Morgan fingerprint density at radius 3 is 2.62 bits per heavy atom. The Morgan fingerprint density at radius 2 is 2.12 bits per heavy atom. The molecule has 7 nitrogen and oxygen atoms in total. The van der Waals surface area contributed by atoms with Gasteiger partial charge in [-0.25, -0.2) is 23.5 Å². The molecule has 1 amide bonds. The fourth-order valence-electron chi connectivity index (χ4n) is 0.827. The number of carbonyl (C=O) groups excluding carboxylic acids is 1. The topological polar surface area (TPSA) is 115 Å². The van der Waals surface area contributed by atoms with E-state index in [9.17, 15) is 13.2 Å². The predicted molar refractivity (Wildman–Crippen MR) is 57.3 cm³/mol. The van der Waals surface area contributed by atoms with Gasteiger partial charge in [0, 0.05) is 6.54 Å². The Hall–Kier alpha value is -1.25. The highest BCUT2D eigenvalue weighted by Crippen LogP contribution is 2.00. The van der Waals surface area contributed by atoms with E-state index >= 15 is 0 Å². The molecule has 1 heterocycles. The Kier molecular flexibility index (Phi) is 4.16. The minimum absolute atomic E-state index is 0.0545. The molecule has 16 heavy (non-hydrogen) atoms. The lowest BCUT2D eigenvalue weighted by atomic mass is 10.4. The molecular formula is C7H9ClN4O3S. The van der Waals surface area contributed by atoms with Crippen molar-refractivity contribution in [3.8, 4) is 0 Å². The molecule has 0 aliphatic heterocycles. The number of nitrogens with zero attached hydrogens (tertiary/aromatic N) is 2. The first-order chi connectivity index (χ1) is 7.38. The molecule has 0 aliphatic rings. The van der Waals surface area contributed by atoms with Gasteiger partial charge in [-0.05, 0) is 0 Å². The van der Waals surface area contributed by atoms with Gasteiger partial charge in [-0.3, -0.25) is 4.79 Å².